The summed E-state index contributed by atoms with van der Waals surface area (Å²) in [7, 11) is -0.881. The number of nitrogens with one attached hydrogen (secondary N) is 2. The second-order valence-corrected chi connectivity index (χ2v) is 9.10. The van der Waals surface area contributed by atoms with Gasteiger partial charge in [0.2, 0.25) is 10.0 Å². The number of carbonyl (C=O) groups excluding carboxylic acids is 2. The highest BCUT2D eigenvalue weighted by molar-refractivity contribution is 7.89. The number of pyridine rings is 1. The van der Waals surface area contributed by atoms with Crippen molar-refractivity contribution in [2.75, 3.05) is 31.3 Å². The van der Waals surface area contributed by atoms with Gasteiger partial charge >= 0.3 is 5.97 Å². The van der Waals surface area contributed by atoms with E-state index < -0.39 is 34.3 Å². The third-order valence-electron chi connectivity index (χ3n) is 4.39. The van der Waals surface area contributed by atoms with E-state index in [1.54, 1.807) is 6.07 Å². The molecule has 0 saturated heterocycles. The largest absolute Gasteiger partial charge is 0.452 e. The molecule has 0 bridgehead atoms. The molecule has 0 saturated carbocycles. The molecule has 172 valence electrons. The van der Waals surface area contributed by atoms with Crippen molar-refractivity contribution in [2.45, 2.75) is 4.90 Å². The Morgan fingerprint density at radius 1 is 1.06 bits per heavy atom. The lowest BCUT2D eigenvalue weighted by molar-refractivity contribution is -0.119. The lowest BCUT2D eigenvalue weighted by Crippen LogP contribution is -2.23. The fourth-order valence-electron chi connectivity index (χ4n) is 2.71. The molecule has 1 aromatic heterocycles. The van der Waals surface area contributed by atoms with Crippen LogP contribution < -0.4 is 10.6 Å². The number of para-hydroxylation sites is 1. The van der Waals surface area contributed by atoms with Crippen molar-refractivity contribution < 1.29 is 27.1 Å². The number of esters is 1. The first-order chi connectivity index (χ1) is 15.7. The Morgan fingerprint density at radius 2 is 1.82 bits per heavy atom. The zero-order chi connectivity index (χ0) is 24.0. The first kappa shape index (κ1) is 23.8. The third kappa shape index (κ3) is 5.90. The molecule has 0 atom stereocenters. The van der Waals surface area contributed by atoms with Crippen molar-refractivity contribution in [2.24, 2.45) is 0 Å². The Labute approximate surface area is 190 Å². The van der Waals surface area contributed by atoms with Crippen LogP contribution in [0.1, 0.15) is 10.4 Å². The molecule has 0 fully saturated rings. The summed E-state index contributed by atoms with van der Waals surface area (Å²) in [5, 5.41) is 5.21. The SMILES string of the molecule is CN(C)S(=O)(=O)c1cccc(NC(=O)COC(=O)c2cccnc2Nc2ccccc2F)c1. The summed E-state index contributed by atoms with van der Waals surface area (Å²) in [6.07, 6.45) is 1.42. The van der Waals surface area contributed by atoms with Gasteiger partial charge in [0.1, 0.15) is 17.2 Å². The maximum atomic E-state index is 13.9. The Kier molecular flexibility index (Phi) is 7.36. The number of hydrogen-bond donors (Lipinski definition) is 2. The summed E-state index contributed by atoms with van der Waals surface area (Å²) in [6.45, 7) is -0.627. The van der Waals surface area contributed by atoms with Gasteiger partial charge in [-0.25, -0.2) is 26.9 Å². The number of carbonyl (C=O) groups is 2. The first-order valence-corrected chi connectivity index (χ1v) is 11.1. The van der Waals surface area contributed by atoms with E-state index in [-0.39, 0.29) is 27.7 Å². The van der Waals surface area contributed by atoms with E-state index in [0.29, 0.717) is 0 Å². The minimum absolute atomic E-state index is 0.00140. The Morgan fingerprint density at radius 3 is 2.55 bits per heavy atom. The molecule has 1 heterocycles. The number of sulfonamides is 1. The zero-order valence-corrected chi connectivity index (χ0v) is 18.6. The van der Waals surface area contributed by atoms with Gasteiger partial charge in [-0.2, -0.15) is 0 Å². The number of ether oxygens (including phenoxy) is 1. The molecule has 9 nitrogen and oxygen atoms in total. The van der Waals surface area contributed by atoms with Gasteiger partial charge in [0.05, 0.1) is 10.6 Å². The Balaban J connectivity index is 1.65. The van der Waals surface area contributed by atoms with Crippen LogP contribution in [0.15, 0.2) is 71.8 Å². The third-order valence-corrected chi connectivity index (χ3v) is 6.20. The quantitative estimate of drug-likeness (QED) is 0.484. The zero-order valence-electron chi connectivity index (χ0n) is 17.8. The number of amides is 1. The summed E-state index contributed by atoms with van der Waals surface area (Å²) in [4.78, 5) is 28.8. The highest BCUT2D eigenvalue weighted by Crippen LogP contribution is 2.22. The molecule has 3 rings (SSSR count). The molecular weight excluding hydrogens is 451 g/mol. The minimum atomic E-state index is -3.67. The molecule has 0 aliphatic heterocycles. The van der Waals surface area contributed by atoms with Gasteiger partial charge in [-0.3, -0.25) is 4.79 Å². The van der Waals surface area contributed by atoms with Gasteiger partial charge in [0.25, 0.3) is 5.91 Å². The van der Waals surface area contributed by atoms with Gasteiger partial charge < -0.3 is 15.4 Å². The number of hydrogen-bond acceptors (Lipinski definition) is 7. The maximum absolute atomic E-state index is 13.9. The smallest absolute Gasteiger partial charge is 0.342 e. The molecular formula is C22H21FN4O5S. The van der Waals surface area contributed by atoms with Crippen LogP contribution in [0.2, 0.25) is 0 Å². The lowest BCUT2D eigenvalue weighted by Gasteiger charge is -2.13. The molecule has 2 aromatic carbocycles. The number of halogens is 1. The molecule has 0 radical (unpaired) electrons. The topological polar surface area (TPSA) is 118 Å². The van der Waals surface area contributed by atoms with Crippen LogP contribution in [0.25, 0.3) is 0 Å². The number of anilines is 3. The van der Waals surface area contributed by atoms with Crippen molar-refractivity contribution in [1.82, 2.24) is 9.29 Å². The predicted molar refractivity (Wildman–Crippen MR) is 120 cm³/mol. The number of nitrogens with zero attached hydrogens (tertiary/aromatic N) is 2. The van der Waals surface area contributed by atoms with Crippen LogP contribution in [0.5, 0.6) is 0 Å². The summed E-state index contributed by atoms with van der Waals surface area (Å²) in [5.41, 5.74) is 0.352. The predicted octanol–water partition coefficient (Wildman–Crippen LogP) is 3.01. The fraction of sp³-hybridized carbons (Fsp3) is 0.136. The summed E-state index contributed by atoms with van der Waals surface area (Å²) in [6, 6.07) is 14.5. The lowest BCUT2D eigenvalue weighted by atomic mass is 10.2. The number of benzene rings is 2. The standard InChI is InChI=1S/C22H21FN4O5S/c1-27(2)33(30,31)16-8-5-7-15(13-16)25-20(28)14-32-22(29)17-9-6-12-24-21(17)26-19-11-4-3-10-18(19)23/h3-13H,14H2,1-2H3,(H,24,26)(H,25,28). The molecule has 0 unspecified atom stereocenters. The molecule has 0 spiro atoms. The van der Waals surface area contributed by atoms with E-state index in [1.165, 1.54) is 74.9 Å². The van der Waals surface area contributed by atoms with Crippen molar-refractivity contribution >= 4 is 39.1 Å². The Hall–Kier alpha value is -3.83. The Bertz CT molecular complexity index is 1280. The van der Waals surface area contributed by atoms with Crippen LogP contribution in [0.3, 0.4) is 0 Å². The minimum Gasteiger partial charge on any atom is -0.452 e. The highest BCUT2D eigenvalue weighted by atomic mass is 32.2. The van der Waals surface area contributed by atoms with Gasteiger partial charge in [-0.15, -0.1) is 0 Å². The molecule has 0 aliphatic rings. The molecule has 2 N–H and O–H groups in total. The summed E-state index contributed by atoms with van der Waals surface area (Å²) in [5.74, 6) is -1.98. The molecule has 3 aromatic rings. The fourth-order valence-corrected chi connectivity index (χ4v) is 3.66. The molecule has 0 aliphatic carbocycles. The normalized spacial score (nSPS) is 11.2. The van der Waals surface area contributed by atoms with Crippen LogP contribution in [0.4, 0.5) is 21.6 Å². The van der Waals surface area contributed by atoms with E-state index in [1.807, 2.05) is 0 Å². The maximum Gasteiger partial charge on any atom is 0.342 e. The van der Waals surface area contributed by atoms with Crippen molar-refractivity contribution in [3.8, 4) is 0 Å². The highest BCUT2D eigenvalue weighted by Gasteiger charge is 2.19. The van der Waals surface area contributed by atoms with E-state index in [4.69, 9.17) is 4.74 Å². The summed E-state index contributed by atoms with van der Waals surface area (Å²) >= 11 is 0. The number of aromatic nitrogens is 1. The van der Waals surface area contributed by atoms with E-state index in [2.05, 4.69) is 15.6 Å². The van der Waals surface area contributed by atoms with Crippen LogP contribution in [-0.4, -0.2) is 50.3 Å². The average Bonchev–Trinajstić information content (AvgIpc) is 2.79. The van der Waals surface area contributed by atoms with Gasteiger partial charge in [0.15, 0.2) is 6.61 Å². The van der Waals surface area contributed by atoms with E-state index >= 15 is 0 Å². The van der Waals surface area contributed by atoms with Gasteiger partial charge in [-0.05, 0) is 42.5 Å². The van der Waals surface area contributed by atoms with E-state index in [9.17, 15) is 22.4 Å². The molecule has 1 amide bonds. The van der Waals surface area contributed by atoms with Crippen LogP contribution >= 0.6 is 0 Å². The van der Waals surface area contributed by atoms with Gasteiger partial charge in [0, 0.05) is 26.0 Å². The van der Waals surface area contributed by atoms with Crippen molar-refractivity contribution in [1.29, 1.82) is 0 Å². The van der Waals surface area contributed by atoms with Gasteiger partial charge in [-0.1, -0.05) is 18.2 Å². The van der Waals surface area contributed by atoms with Crippen LogP contribution in [-0.2, 0) is 19.6 Å². The average molecular weight is 472 g/mol. The first-order valence-electron chi connectivity index (χ1n) is 9.64. The molecule has 11 heteroatoms. The second-order valence-electron chi connectivity index (χ2n) is 6.94. The van der Waals surface area contributed by atoms with Crippen molar-refractivity contribution in [3.63, 3.8) is 0 Å². The number of rotatable bonds is 8. The second kappa shape index (κ2) is 10.2. The monoisotopic (exact) mass is 472 g/mol. The van der Waals surface area contributed by atoms with Crippen molar-refractivity contribution in [3.05, 3.63) is 78.2 Å². The van der Waals surface area contributed by atoms with Crippen LogP contribution in [0, 0.1) is 5.82 Å². The summed E-state index contributed by atoms with van der Waals surface area (Å²) < 4.78 is 44.5. The van der Waals surface area contributed by atoms with E-state index in [0.717, 1.165) is 4.31 Å². The molecule has 33 heavy (non-hydrogen) atoms.